The molecule has 1 aromatic rings. The van der Waals surface area contributed by atoms with E-state index in [0.717, 1.165) is 41.2 Å². The van der Waals surface area contributed by atoms with Gasteiger partial charge in [-0.1, -0.05) is 44.0 Å². The summed E-state index contributed by atoms with van der Waals surface area (Å²) in [6, 6.07) is 7.16. The van der Waals surface area contributed by atoms with Crippen LogP contribution in [0.2, 0.25) is 0 Å². The molecule has 0 spiro atoms. The van der Waals surface area contributed by atoms with Crippen molar-refractivity contribution in [1.29, 1.82) is 0 Å². The van der Waals surface area contributed by atoms with Gasteiger partial charge in [-0.25, -0.2) is 8.42 Å². The van der Waals surface area contributed by atoms with Crippen molar-refractivity contribution in [2.45, 2.75) is 45.5 Å². The summed E-state index contributed by atoms with van der Waals surface area (Å²) in [6.45, 7) is 4.61. The van der Waals surface area contributed by atoms with Gasteiger partial charge in [-0.2, -0.15) is 0 Å². The third kappa shape index (κ3) is 10.7. The van der Waals surface area contributed by atoms with Crippen LogP contribution in [-0.4, -0.2) is 46.9 Å². The quantitative estimate of drug-likeness (QED) is 0.175. The predicted octanol–water partition coefficient (Wildman–Crippen LogP) is 3.31. The van der Waals surface area contributed by atoms with Gasteiger partial charge >= 0.3 is 5.97 Å². The van der Waals surface area contributed by atoms with Crippen LogP contribution in [0.5, 0.6) is 0 Å². The van der Waals surface area contributed by atoms with Gasteiger partial charge in [0, 0.05) is 18.6 Å². The molecule has 7 nitrogen and oxygen atoms in total. The normalized spacial score (nSPS) is 13.5. The van der Waals surface area contributed by atoms with Crippen LogP contribution in [0.15, 0.2) is 24.3 Å². The molecule has 0 aliphatic rings. The lowest BCUT2D eigenvalue weighted by Gasteiger charge is -2.26. The summed E-state index contributed by atoms with van der Waals surface area (Å²) in [5.41, 5.74) is 0.549. The van der Waals surface area contributed by atoms with Crippen molar-refractivity contribution in [2.24, 2.45) is 5.41 Å². The first-order chi connectivity index (χ1) is 13.7. The smallest absolute Gasteiger partial charge is 0.317 e. The average molecular weight is 447 g/mol. The number of rotatable bonds is 15. The lowest BCUT2D eigenvalue weighted by Crippen LogP contribution is -2.39. The summed E-state index contributed by atoms with van der Waals surface area (Å²) in [7, 11) is -2.23. The molecular weight excluding hydrogens is 416 g/mol. The number of carbonyl (C=O) groups excluding carboxylic acids is 2. The third-order valence-corrected chi connectivity index (χ3v) is 6.63. The minimum Gasteiger partial charge on any atom is -0.467 e. The maximum atomic E-state index is 12.6. The lowest BCUT2D eigenvalue weighted by molar-refractivity contribution is -0.165. The summed E-state index contributed by atoms with van der Waals surface area (Å²) >= 11 is 0. The fourth-order valence-corrected chi connectivity index (χ4v) is 3.95. The van der Waals surface area contributed by atoms with Crippen LogP contribution in [0.3, 0.4) is 0 Å². The Labute approximate surface area is 176 Å². The van der Waals surface area contributed by atoms with E-state index in [9.17, 15) is 18.0 Å². The molecule has 0 aliphatic carbocycles. The highest BCUT2D eigenvalue weighted by Crippen LogP contribution is 2.22. The Kier molecular flexibility index (Phi) is 11.3. The van der Waals surface area contributed by atoms with Crippen LogP contribution >= 0.6 is 10.8 Å². The molecule has 0 amide bonds. The summed E-state index contributed by atoms with van der Waals surface area (Å²) in [5, 5.41) is 0. The fraction of sp³-hybridized carbons (Fsp3) is 0.600. The predicted molar refractivity (Wildman–Crippen MR) is 113 cm³/mol. The average Bonchev–Trinajstić information content (AvgIpc) is 2.69. The van der Waals surface area contributed by atoms with Crippen LogP contribution in [0.4, 0.5) is 0 Å². The molecular formula is C20H30O7S2. The van der Waals surface area contributed by atoms with Gasteiger partial charge in [0.05, 0.1) is 6.61 Å². The zero-order valence-corrected chi connectivity index (χ0v) is 18.9. The minimum atomic E-state index is -3.09. The second-order valence-electron chi connectivity index (χ2n) is 7.09. The topological polar surface area (TPSA) is 96.0 Å². The van der Waals surface area contributed by atoms with Gasteiger partial charge in [0.2, 0.25) is 0 Å². The molecule has 164 valence electrons. The molecule has 0 saturated heterocycles. The zero-order valence-electron chi connectivity index (χ0n) is 17.2. The number of ether oxygens (including phenoxy) is 3. The number of hydrogen-bond acceptors (Lipinski definition) is 8. The van der Waals surface area contributed by atoms with Crippen molar-refractivity contribution in [1.82, 2.24) is 0 Å². The Morgan fingerprint density at radius 1 is 1.14 bits per heavy atom. The number of hydrogen-bond donors (Lipinski definition) is 0. The summed E-state index contributed by atoms with van der Waals surface area (Å²) in [6.07, 6.45) is 4.19. The molecule has 1 atom stereocenters. The number of benzene rings is 1. The van der Waals surface area contributed by atoms with Crippen LogP contribution in [0.25, 0.3) is 0 Å². The maximum absolute atomic E-state index is 12.6. The Hall–Kier alpha value is -1.58. The molecule has 0 radical (unpaired) electrons. The Morgan fingerprint density at radius 3 is 2.38 bits per heavy atom. The third-order valence-electron chi connectivity index (χ3n) is 4.11. The van der Waals surface area contributed by atoms with Gasteiger partial charge < -0.3 is 14.2 Å². The molecule has 1 unspecified atom stereocenters. The Balaban J connectivity index is 2.58. The SMILES string of the molecule is CCCCCOCC(C)(COC=O)C(=O)OCc1ccc(CSS(C)(=O)=O)cc1. The Bertz CT molecular complexity index is 732. The van der Waals surface area contributed by atoms with Crippen LogP contribution in [0.1, 0.15) is 44.2 Å². The maximum Gasteiger partial charge on any atom is 0.317 e. The van der Waals surface area contributed by atoms with Crippen molar-refractivity contribution < 1.29 is 32.2 Å². The second kappa shape index (κ2) is 12.9. The van der Waals surface area contributed by atoms with Crippen LogP contribution < -0.4 is 0 Å². The van der Waals surface area contributed by atoms with Crippen molar-refractivity contribution in [2.75, 3.05) is 26.1 Å². The highest BCUT2D eigenvalue weighted by atomic mass is 33.1. The van der Waals surface area contributed by atoms with E-state index in [1.165, 1.54) is 6.26 Å². The largest absolute Gasteiger partial charge is 0.467 e. The number of unbranched alkanes of at least 4 members (excludes halogenated alkanes) is 2. The zero-order chi connectivity index (χ0) is 21.8. The summed E-state index contributed by atoms with van der Waals surface area (Å²) in [4.78, 5) is 23.1. The molecule has 0 aromatic heterocycles. The van der Waals surface area contributed by atoms with Gasteiger partial charge in [0.1, 0.15) is 18.6 Å². The molecule has 0 bridgehead atoms. The fourth-order valence-electron chi connectivity index (χ4n) is 2.36. The summed E-state index contributed by atoms with van der Waals surface area (Å²) < 4.78 is 38.2. The molecule has 0 N–H and O–H groups in total. The van der Waals surface area contributed by atoms with E-state index in [1.54, 1.807) is 31.2 Å². The molecule has 9 heteroatoms. The molecule has 0 aliphatic heterocycles. The van der Waals surface area contributed by atoms with Gasteiger partial charge in [0.25, 0.3) is 6.47 Å². The van der Waals surface area contributed by atoms with E-state index in [4.69, 9.17) is 14.2 Å². The highest BCUT2D eigenvalue weighted by Gasteiger charge is 2.36. The Morgan fingerprint density at radius 2 is 1.79 bits per heavy atom. The van der Waals surface area contributed by atoms with Gasteiger partial charge in [-0.05, 0) is 35.3 Å². The van der Waals surface area contributed by atoms with Crippen LogP contribution in [-0.2, 0) is 45.0 Å². The van der Waals surface area contributed by atoms with Gasteiger partial charge in [0.15, 0.2) is 8.87 Å². The number of carbonyl (C=O) groups is 2. The van der Waals surface area contributed by atoms with Crippen molar-refractivity contribution in [3.8, 4) is 0 Å². The van der Waals surface area contributed by atoms with Crippen LogP contribution in [0, 0.1) is 5.41 Å². The van der Waals surface area contributed by atoms with Gasteiger partial charge in [-0.15, -0.1) is 0 Å². The van der Waals surface area contributed by atoms with Crippen molar-refractivity contribution in [3.05, 3.63) is 35.4 Å². The number of esters is 1. The lowest BCUT2D eigenvalue weighted by atomic mass is 9.93. The monoisotopic (exact) mass is 446 g/mol. The second-order valence-corrected chi connectivity index (χ2v) is 11.5. The van der Waals surface area contributed by atoms with Crippen molar-refractivity contribution >= 4 is 32.1 Å². The van der Waals surface area contributed by atoms with E-state index < -0.39 is 20.3 Å². The molecule has 1 aromatic carbocycles. The standard InChI is InChI=1S/C20H30O7S2/c1-4-5-6-11-25-14-20(2,15-26-16-21)19(22)27-12-17-7-9-18(10-8-17)13-28-29(3,23)24/h7-10,16H,4-6,11-15H2,1-3H3. The van der Waals surface area contributed by atoms with E-state index in [1.807, 2.05) is 0 Å². The molecule has 29 heavy (non-hydrogen) atoms. The van der Waals surface area contributed by atoms with E-state index in [0.29, 0.717) is 18.8 Å². The molecule has 0 fully saturated rings. The minimum absolute atomic E-state index is 0.0604. The van der Waals surface area contributed by atoms with E-state index >= 15 is 0 Å². The first-order valence-corrected chi connectivity index (χ1v) is 12.8. The molecule has 1 rings (SSSR count). The molecule has 0 saturated carbocycles. The first-order valence-electron chi connectivity index (χ1n) is 9.42. The van der Waals surface area contributed by atoms with Gasteiger partial charge in [-0.3, -0.25) is 9.59 Å². The highest BCUT2D eigenvalue weighted by molar-refractivity contribution is 8.71. The van der Waals surface area contributed by atoms with E-state index in [-0.39, 0.29) is 19.8 Å². The van der Waals surface area contributed by atoms with E-state index in [2.05, 4.69) is 6.92 Å². The van der Waals surface area contributed by atoms with Crippen molar-refractivity contribution in [3.63, 3.8) is 0 Å². The first kappa shape index (κ1) is 25.5. The molecule has 0 heterocycles. The summed E-state index contributed by atoms with van der Waals surface area (Å²) in [5.74, 6) is -0.151.